The molecule has 1 unspecified atom stereocenters. The highest BCUT2D eigenvalue weighted by Crippen LogP contribution is 2.26. The maximum atomic E-state index is 11.6. The van der Waals surface area contributed by atoms with Gasteiger partial charge in [-0.2, -0.15) is 0 Å². The van der Waals surface area contributed by atoms with Gasteiger partial charge < -0.3 is 16.3 Å². The van der Waals surface area contributed by atoms with Crippen LogP contribution >= 0.6 is 0 Å². The summed E-state index contributed by atoms with van der Waals surface area (Å²) in [5, 5.41) is 14.3. The molecule has 1 saturated carbocycles. The molecule has 86 valence electrons. The lowest BCUT2D eigenvalue weighted by Crippen LogP contribution is -2.42. The SMILES string of the molecule is CCC(CC(N)=NO)NC(=O)C1CCC1. The van der Waals surface area contributed by atoms with E-state index < -0.39 is 0 Å². The van der Waals surface area contributed by atoms with Crippen molar-refractivity contribution < 1.29 is 10.0 Å². The Morgan fingerprint density at radius 1 is 1.67 bits per heavy atom. The van der Waals surface area contributed by atoms with Crippen LogP contribution < -0.4 is 11.1 Å². The van der Waals surface area contributed by atoms with E-state index >= 15 is 0 Å². The summed E-state index contributed by atoms with van der Waals surface area (Å²) in [5.74, 6) is 0.459. The van der Waals surface area contributed by atoms with Crippen molar-refractivity contribution in [1.82, 2.24) is 5.32 Å². The molecule has 1 amide bonds. The lowest BCUT2D eigenvalue weighted by Gasteiger charge is -2.26. The zero-order valence-electron chi connectivity index (χ0n) is 9.07. The first kappa shape index (κ1) is 11.8. The first-order valence-electron chi connectivity index (χ1n) is 5.44. The molecule has 0 aromatic rings. The third-order valence-corrected chi connectivity index (χ3v) is 2.90. The van der Waals surface area contributed by atoms with Crippen LogP contribution in [0.2, 0.25) is 0 Å². The van der Waals surface area contributed by atoms with Crippen molar-refractivity contribution in [3.8, 4) is 0 Å². The van der Waals surface area contributed by atoms with Crippen molar-refractivity contribution in [1.29, 1.82) is 0 Å². The smallest absolute Gasteiger partial charge is 0.223 e. The molecule has 15 heavy (non-hydrogen) atoms. The van der Waals surface area contributed by atoms with E-state index in [1.165, 1.54) is 0 Å². The number of carbonyl (C=O) groups excluding carboxylic acids is 1. The molecule has 4 N–H and O–H groups in total. The molecule has 5 heteroatoms. The van der Waals surface area contributed by atoms with Gasteiger partial charge in [0.25, 0.3) is 0 Å². The average Bonchev–Trinajstić information content (AvgIpc) is 2.13. The fraction of sp³-hybridized carbons (Fsp3) is 0.800. The number of amidine groups is 1. The molecule has 0 aliphatic heterocycles. The zero-order valence-corrected chi connectivity index (χ0v) is 9.07. The summed E-state index contributed by atoms with van der Waals surface area (Å²) in [6, 6.07) is -0.0194. The van der Waals surface area contributed by atoms with Crippen molar-refractivity contribution in [2.75, 3.05) is 0 Å². The van der Waals surface area contributed by atoms with E-state index in [-0.39, 0.29) is 23.7 Å². The number of hydrogen-bond donors (Lipinski definition) is 3. The van der Waals surface area contributed by atoms with Crippen LogP contribution in [-0.2, 0) is 4.79 Å². The van der Waals surface area contributed by atoms with E-state index in [0.29, 0.717) is 6.42 Å². The quantitative estimate of drug-likeness (QED) is 0.273. The molecule has 1 atom stereocenters. The van der Waals surface area contributed by atoms with Crippen LogP contribution in [0.5, 0.6) is 0 Å². The number of amides is 1. The summed E-state index contributed by atoms with van der Waals surface area (Å²) in [4.78, 5) is 11.6. The van der Waals surface area contributed by atoms with Crippen molar-refractivity contribution in [2.45, 2.75) is 45.1 Å². The molecule has 1 aliphatic carbocycles. The van der Waals surface area contributed by atoms with Crippen molar-refractivity contribution >= 4 is 11.7 Å². The van der Waals surface area contributed by atoms with Crippen LogP contribution in [-0.4, -0.2) is 23.0 Å². The maximum Gasteiger partial charge on any atom is 0.223 e. The predicted molar refractivity (Wildman–Crippen MR) is 57.6 cm³/mol. The number of carbonyl (C=O) groups is 1. The van der Waals surface area contributed by atoms with Crippen LogP contribution in [0.25, 0.3) is 0 Å². The van der Waals surface area contributed by atoms with Gasteiger partial charge in [-0.1, -0.05) is 18.5 Å². The van der Waals surface area contributed by atoms with Crippen LogP contribution in [0.15, 0.2) is 5.16 Å². The monoisotopic (exact) mass is 213 g/mol. The average molecular weight is 213 g/mol. The van der Waals surface area contributed by atoms with E-state index in [2.05, 4.69) is 10.5 Å². The van der Waals surface area contributed by atoms with Gasteiger partial charge in [0.05, 0.1) is 0 Å². The Morgan fingerprint density at radius 3 is 2.73 bits per heavy atom. The van der Waals surface area contributed by atoms with Gasteiger partial charge in [-0.05, 0) is 19.3 Å². The molecular weight excluding hydrogens is 194 g/mol. The summed E-state index contributed by atoms with van der Waals surface area (Å²) < 4.78 is 0. The molecule has 0 aromatic heterocycles. The number of nitrogens with zero attached hydrogens (tertiary/aromatic N) is 1. The second-order valence-corrected chi connectivity index (χ2v) is 4.04. The van der Waals surface area contributed by atoms with Crippen molar-refractivity contribution in [3.63, 3.8) is 0 Å². The summed E-state index contributed by atoms with van der Waals surface area (Å²) in [7, 11) is 0. The van der Waals surface area contributed by atoms with Gasteiger partial charge >= 0.3 is 0 Å². The van der Waals surface area contributed by atoms with Crippen LogP contribution in [0.1, 0.15) is 39.0 Å². The Hall–Kier alpha value is -1.26. The number of rotatable bonds is 5. The molecule has 1 aliphatic rings. The predicted octanol–water partition coefficient (Wildman–Crippen LogP) is 0.818. The van der Waals surface area contributed by atoms with Gasteiger partial charge in [0.15, 0.2) is 0 Å². The molecule has 0 heterocycles. The molecule has 0 spiro atoms. The first-order valence-corrected chi connectivity index (χ1v) is 5.44. The molecule has 1 rings (SSSR count). The number of nitrogens with two attached hydrogens (primary N) is 1. The highest BCUT2D eigenvalue weighted by molar-refractivity contribution is 5.83. The minimum absolute atomic E-state index is 0.0194. The Morgan fingerprint density at radius 2 is 2.33 bits per heavy atom. The Kier molecular flexibility index (Phi) is 4.39. The van der Waals surface area contributed by atoms with E-state index in [4.69, 9.17) is 10.9 Å². The van der Waals surface area contributed by atoms with Gasteiger partial charge in [-0.25, -0.2) is 0 Å². The third kappa shape index (κ3) is 3.42. The Balaban J connectivity index is 2.35. The van der Waals surface area contributed by atoms with E-state index in [9.17, 15) is 4.79 Å². The minimum atomic E-state index is -0.0194. The zero-order chi connectivity index (χ0) is 11.3. The minimum Gasteiger partial charge on any atom is -0.409 e. The van der Waals surface area contributed by atoms with Crippen molar-refractivity contribution in [2.24, 2.45) is 16.8 Å². The summed E-state index contributed by atoms with van der Waals surface area (Å²) >= 11 is 0. The normalized spacial score (nSPS) is 19.4. The lowest BCUT2D eigenvalue weighted by atomic mass is 9.84. The Bertz CT molecular complexity index is 249. The highest BCUT2D eigenvalue weighted by atomic mass is 16.4. The lowest BCUT2D eigenvalue weighted by molar-refractivity contribution is -0.128. The number of nitrogens with one attached hydrogen (secondary N) is 1. The van der Waals surface area contributed by atoms with Gasteiger partial charge in [0.2, 0.25) is 5.91 Å². The standard InChI is InChI=1S/C10H19N3O2/c1-2-8(6-9(11)13-15)12-10(14)7-4-3-5-7/h7-8,15H,2-6H2,1H3,(H2,11,13)(H,12,14). The van der Waals surface area contributed by atoms with Crippen molar-refractivity contribution in [3.05, 3.63) is 0 Å². The fourth-order valence-electron chi connectivity index (χ4n) is 1.58. The van der Waals surface area contributed by atoms with Gasteiger partial charge in [-0.3, -0.25) is 4.79 Å². The van der Waals surface area contributed by atoms with Crippen LogP contribution in [0.4, 0.5) is 0 Å². The topological polar surface area (TPSA) is 87.7 Å². The number of hydrogen-bond acceptors (Lipinski definition) is 3. The fourth-order valence-corrected chi connectivity index (χ4v) is 1.58. The second kappa shape index (κ2) is 5.58. The maximum absolute atomic E-state index is 11.6. The van der Waals surface area contributed by atoms with E-state index in [1.807, 2.05) is 6.92 Å². The van der Waals surface area contributed by atoms with Gasteiger partial charge in [0.1, 0.15) is 5.84 Å². The summed E-state index contributed by atoms with van der Waals surface area (Å²) in [6.07, 6.45) is 4.33. The highest BCUT2D eigenvalue weighted by Gasteiger charge is 2.26. The van der Waals surface area contributed by atoms with Crippen LogP contribution in [0.3, 0.4) is 0 Å². The van der Waals surface area contributed by atoms with Gasteiger partial charge in [-0.15, -0.1) is 0 Å². The molecule has 0 radical (unpaired) electrons. The molecule has 0 aromatic carbocycles. The van der Waals surface area contributed by atoms with Gasteiger partial charge in [0, 0.05) is 18.4 Å². The molecule has 5 nitrogen and oxygen atoms in total. The molecule has 1 fully saturated rings. The summed E-state index contributed by atoms with van der Waals surface area (Å²) in [5.41, 5.74) is 5.40. The van der Waals surface area contributed by atoms with E-state index in [0.717, 1.165) is 25.7 Å². The largest absolute Gasteiger partial charge is 0.409 e. The first-order chi connectivity index (χ1) is 7.17. The second-order valence-electron chi connectivity index (χ2n) is 4.04. The van der Waals surface area contributed by atoms with Crippen LogP contribution in [0, 0.1) is 5.92 Å². The summed E-state index contributed by atoms with van der Waals surface area (Å²) in [6.45, 7) is 1.97. The third-order valence-electron chi connectivity index (χ3n) is 2.90. The number of oxime groups is 1. The molecular formula is C10H19N3O2. The molecule has 0 bridgehead atoms. The molecule has 0 saturated heterocycles. The Labute approximate surface area is 89.7 Å². The van der Waals surface area contributed by atoms with E-state index in [1.54, 1.807) is 0 Å².